The minimum Gasteiger partial charge on any atom is -0.491 e. The number of hydrogen-bond donors (Lipinski definition) is 1. The summed E-state index contributed by atoms with van der Waals surface area (Å²) in [4.78, 5) is 12.6. The van der Waals surface area contributed by atoms with E-state index in [-0.39, 0.29) is 12.0 Å². The molecule has 0 aliphatic rings. The summed E-state index contributed by atoms with van der Waals surface area (Å²) in [5.74, 6) is 1.39. The van der Waals surface area contributed by atoms with E-state index < -0.39 is 6.10 Å². The number of hydrogen-bond acceptors (Lipinski definition) is 3. The summed E-state index contributed by atoms with van der Waals surface area (Å²) in [5, 5.41) is 5.21. The number of nitrogens with one attached hydrogen (secondary N) is 1. The van der Waals surface area contributed by atoms with Gasteiger partial charge in [0.1, 0.15) is 11.5 Å². The van der Waals surface area contributed by atoms with E-state index in [1.54, 1.807) is 0 Å². The predicted octanol–water partition coefficient (Wildman–Crippen LogP) is 5.10. The predicted molar refractivity (Wildman–Crippen MR) is 113 cm³/mol. The number of carbonyl (C=O) groups excluding carboxylic acids is 1. The Morgan fingerprint density at radius 3 is 2.39 bits per heavy atom. The quantitative estimate of drug-likeness (QED) is 0.594. The highest BCUT2D eigenvalue weighted by Crippen LogP contribution is 2.22. The molecule has 0 saturated carbocycles. The lowest BCUT2D eigenvalue weighted by atomic mass is 10.1. The van der Waals surface area contributed by atoms with Crippen molar-refractivity contribution in [2.24, 2.45) is 0 Å². The summed E-state index contributed by atoms with van der Waals surface area (Å²) in [6.45, 7) is 6.36. The van der Waals surface area contributed by atoms with Gasteiger partial charge in [-0.2, -0.15) is 0 Å². The SMILES string of the molecule is CCC(Oc1ccc2ccccc2c1)C(=O)NCc1cccc(OC(C)C)c1. The van der Waals surface area contributed by atoms with Crippen LogP contribution < -0.4 is 14.8 Å². The standard InChI is InChI=1S/C24H27NO3/c1-4-23(28-22-13-12-19-9-5-6-10-20(19)15-22)24(26)25-16-18-8-7-11-21(14-18)27-17(2)3/h5-15,17,23H,4,16H2,1-3H3,(H,25,26). The van der Waals surface area contributed by atoms with Crippen LogP contribution in [0.1, 0.15) is 32.8 Å². The van der Waals surface area contributed by atoms with Crippen LogP contribution in [-0.4, -0.2) is 18.1 Å². The average Bonchev–Trinajstić information content (AvgIpc) is 2.70. The summed E-state index contributed by atoms with van der Waals surface area (Å²) in [5.41, 5.74) is 0.993. The molecule has 0 heterocycles. The molecule has 28 heavy (non-hydrogen) atoms. The molecule has 0 fully saturated rings. The van der Waals surface area contributed by atoms with Crippen LogP contribution in [0.2, 0.25) is 0 Å². The van der Waals surface area contributed by atoms with Crippen LogP contribution in [0.25, 0.3) is 10.8 Å². The fraction of sp³-hybridized carbons (Fsp3) is 0.292. The fourth-order valence-corrected chi connectivity index (χ4v) is 3.03. The minimum absolute atomic E-state index is 0.115. The van der Waals surface area contributed by atoms with Crippen LogP contribution in [-0.2, 0) is 11.3 Å². The van der Waals surface area contributed by atoms with Gasteiger partial charge in [-0.3, -0.25) is 4.79 Å². The first-order valence-electron chi connectivity index (χ1n) is 9.74. The maximum Gasteiger partial charge on any atom is 0.261 e. The van der Waals surface area contributed by atoms with E-state index in [9.17, 15) is 4.79 Å². The van der Waals surface area contributed by atoms with Crippen molar-refractivity contribution in [3.63, 3.8) is 0 Å². The van der Waals surface area contributed by atoms with E-state index in [1.165, 1.54) is 0 Å². The second-order valence-corrected chi connectivity index (χ2v) is 7.06. The molecule has 0 aromatic heterocycles. The van der Waals surface area contributed by atoms with Crippen LogP contribution in [0.15, 0.2) is 66.7 Å². The fourth-order valence-electron chi connectivity index (χ4n) is 3.03. The Kier molecular flexibility index (Phi) is 6.53. The Hall–Kier alpha value is -3.01. The zero-order valence-corrected chi connectivity index (χ0v) is 16.6. The van der Waals surface area contributed by atoms with Crippen molar-refractivity contribution >= 4 is 16.7 Å². The molecule has 0 bridgehead atoms. The molecule has 1 N–H and O–H groups in total. The summed E-state index contributed by atoms with van der Waals surface area (Å²) < 4.78 is 11.7. The third-order valence-corrected chi connectivity index (χ3v) is 4.40. The number of amides is 1. The second kappa shape index (κ2) is 9.27. The van der Waals surface area contributed by atoms with Crippen molar-refractivity contribution < 1.29 is 14.3 Å². The van der Waals surface area contributed by atoms with Crippen molar-refractivity contribution in [1.29, 1.82) is 0 Å². The molecule has 3 aromatic rings. The van der Waals surface area contributed by atoms with Crippen LogP contribution in [0.5, 0.6) is 11.5 Å². The highest BCUT2D eigenvalue weighted by atomic mass is 16.5. The number of fused-ring (bicyclic) bond motifs is 1. The Balaban J connectivity index is 1.61. The Morgan fingerprint density at radius 2 is 1.64 bits per heavy atom. The lowest BCUT2D eigenvalue weighted by molar-refractivity contribution is -0.128. The zero-order chi connectivity index (χ0) is 19.9. The van der Waals surface area contributed by atoms with Crippen molar-refractivity contribution in [3.05, 3.63) is 72.3 Å². The zero-order valence-electron chi connectivity index (χ0n) is 16.6. The monoisotopic (exact) mass is 377 g/mol. The van der Waals surface area contributed by atoms with Gasteiger partial charge in [0.25, 0.3) is 5.91 Å². The van der Waals surface area contributed by atoms with E-state index in [1.807, 2.05) is 81.4 Å². The molecule has 0 spiro atoms. The average molecular weight is 377 g/mol. The van der Waals surface area contributed by atoms with Gasteiger partial charge in [0.2, 0.25) is 0 Å². The molecule has 4 heteroatoms. The van der Waals surface area contributed by atoms with Gasteiger partial charge in [0.15, 0.2) is 6.10 Å². The van der Waals surface area contributed by atoms with Crippen molar-refractivity contribution in [3.8, 4) is 11.5 Å². The molecule has 0 radical (unpaired) electrons. The van der Waals surface area contributed by atoms with Crippen LogP contribution in [0.4, 0.5) is 0 Å². The van der Waals surface area contributed by atoms with Gasteiger partial charge in [-0.25, -0.2) is 0 Å². The van der Waals surface area contributed by atoms with Gasteiger partial charge in [-0.05, 0) is 60.9 Å². The van der Waals surface area contributed by atoms with Crippen LogP contribution >= 0.6 is 0 Å². The first-order chi connectivity index (χ1) is 13.5. The van der Waals surface area contributed by atoms with Crippen LogP contribution in [0, 0.1) is 0 Å². The highest BCUT2D eigenvalue weighted by molar-refractivity contribution is 5.84. The van der Waals surface area contributed by atoms with E-state index in [0.717, 1.165) is 22.1 Å². The normalized spacial score (nSPS) is 12.0. The highest BCUT2D eigenvalue weighted by Gasteiger charge is 2.18. The van der Waals surface area contributed by atoms with Crippen molar-refractivity contribution in [1.82, 2.24) is 5.32 Å². The van der Waals surface area contributed by atoms with E-state index in [4.69, 9.17) is 9.47 Å². The summed E-state index contributed by atoms with van der Waals surface area (Å²) in [7, 11) is 0. The summed E-state index contributed by atoms with van der Waals surface area (Å²) >= 11 is 0. The van der Waals surface area contributed by atoms with Gasteiger partial charge in [-0.15, -0.1) is 0 Å². The number of carbonyl (C=O) groups is 1. The van der Waals surface area contributed by atoms with Crippen LogP contribution in [0.3, 0.4) is 0 Å². The lowest BCUT2D eigenvalue weighted by Gasteiger charge is -2.18. The molecule has 0 aliphatic heterocycles. The third kappa shape index (κ3) is 5.26. The second-order valence-electron chi connectivity index (χ2n) is 7.06. The molecule has 3 aromatic carbocycles. The van der Waals surface area contributed by atoms with Crippen molar-refractivity contribution in [2.45, 2.75) is 45.9 Å². The molecule has 1 amide bonds. The van der Waals surface area contributed by atoms with Gasteiger partial charge in [0.05, 0.1) is 6.10 Å². The van der Waals surface area contributed by atoms with E-state index in [2.05, 4.69) is 11.4 Å². The molecular formula is C24H27NO3. The van der Waals surface area contributed by atoms with Gasteiger partial charge < -0.3 is 14.8 Å². The molecule has 3 rings (SSSR count). The lowest BCUT2D eigenvalue weighted by Crippen LogP contribution is -2.37. The molecule has 4 nitrogen and oxygen atoms in total. The third-order valence-electron chi connectivity index (χ3n) is 4.40. The summed E-state index contributed by atoms with van der Waals surface area (Å²) in [6.07, 6.45) is 0.177. The first-order valence-corrected chi connectivity index (χ1v) is 9.74. The maximum atomic E-state index is 12.6. The molecule has 1 unspecified atom stereocenters. The topological polar surface area (TPSA) is 47.6 Å². The number of ether oxygens (including phenoxy) is 2. The van der Waals surface area contributed by atoms with E-state index in [0.29, 0.717) is 18.7 Å². The van der Waals surface area contributed by atoms with Gasteiger partial charge >= 0.3 is 0 Å². The summed E-state index contributed by atoms with van der Waals surface area (Å²) in [6, 6.07) is 21.8. The smallest absolute Gasteiger partial charge is 0.261 e. The molecule has 0 aliphatic carbocycles. The van der Waals surface area contributed by atoms with E-state index >= 15 is 0 Å². The van der Waals surface area contributed by atoms with Gasteiger partial charge in [0, 0.05) is 6.54 Å². The number of rotatable bonds is 8. The molecule has 146 valence electrons. The molecule has 1 atom stereocenters. The molecular weight excluding hydrogens is 350 g/mol. The minimum atomic E-state index is -0.531. The van der Waals surface area contributed by atoms with Crippen molar-refractivity contribution in [2.75, 3.05) is 0 Å². The Labute approximate surface area is 166 Å². The maximum absolute atomic E-state index is 12.6. The largest absolute Gasteiger partial charge is 0.491 e. The van der Waals surface area contributed by atoms with Gasteiger partial charge in [-0.1, -0.05) is 49.4 Å². The first kappa shape index (κ1) is 19.7. The Bertz CT molecular complexity index is 936. The Morgan fingerprint density at radius 1 is 0.893 bits per heavy atom. The molecule has 0 saturated heterocycles. The number of benzene rings is 3.